The highest BCUT2D eigenvalue weighted by Gasteiger charge is 2.61. The number of nitrogens with zero attached hydrogens (tertiary/aromatic N) is 1. The predicted molar refractivity (Wildman–Crippen MR) is 74.9 cm³/mol. The molecule has 1 fully saturated rings. The molecule has 0 saturated heterocycles. The third kappa shape index (κ3) is 3.45. The molecule has 0 spiro atoms. The lowest BCUT2D eigenvalue weighted by Crippen LogP contribution is -2.26. The number of halogens is 2. The van der Waals surface area contributed by atoms with E-state index in [4.69, 9.17) is 0 Å². The number of nitrogens with one attached hydrogen (secondary N) is 1. The Morgan fingerprint density at radius 3 is 2.48 bits per heavy atom. The Morgan fingerprint density at radius 1 is 1.43 bits per heavy atom. The largest absolute Gasteiger partial charge is 0.352 e. The molecular formula is C15H16F2N2O2. The minimum Gasteiger partial charge on any atom is -0.352 e. The van der Waals surface area contributed by atoms with Crippen molar-refractivity contribution in [3.63, 3.8) is 0 Å². The van der Waals surface area contributed by atoms with E-state index in [2.05, 4.69) is 11.9 Å². The summed E-state index contributed by atoms with van der Waals surface area (Å²) >= 11 is 0. The minimum atomic E-state index is -2.85. The maximum atomic E-state index is 12.7. The van der Waals surface area contributed by atoms with Crippen molar-refractivity contribution in [1.82, 2.24) is 5.32 Å². The van der Waals surface area contributed by atoms with Gasteiger partial charge in [-0.3, -0.25) is 9.59 Å². The van der Waals surface area contributed by atoms with E-state index < -0.39 is 17.7 Å². The van der Waals surface area contributed by atoms with Gasteiger partial charge in [0.2, 0.25) is 11.8 Å². The second-order valence-corrected chi connectivity index (χ2v) is 5.00. The molecule has 0 aliphatic heterocycles. The summed E-state index contributed by atoms with van der Waals surface area (Å²) in [5, 5.41) is 2.48. The van der Waals surface area contributed by atoms with Gasteiger partial charge in [0.05, 0.1) is 0 Å². The van der Waals surface area contributed by atoms with E-state index in [9.17, 15) is 18.4 Å². The van der Waals surface area contributed by atoms with Crippen molar-refractivity contribution in [2.45, 2.75) is 18.9 Å². The molecule has 1 aromatic rings. The molecule has 0 heterocycles. The van der Waals surface area contributed by atoms with Gasteiger partial charge in [0.25, 0.3) is 5.92 Å². The monoisotopic (exact) mass is 294 g/mol. The maximum Gasteiger partial charge on any atom is 0.260 e. The molecule has 1 atom stereocenters. The van der Waals surface area contributed by atoms with Gasteiger partial charge < -0.3 is 10.2 Å². The SMILES string of the molecule is C=CC(=O)N(C)c1ccc(CNC(=O)[C@H]2CC2(F)F)cc1. The van der Waals surface area contributed by atoms with Crippen molar-refractivity contribution in [1.29, 1.82) is 0 Å². The molecule has 1 aromatic carbocycles. The topological polar surface area (TPSA) is 49.4 Å². The summed E-state index contributed by atoms with van der Waals surface area (Å²) < 4.78 is 25.4. The van der Waals surface area contributed by atoms with Crippen LogP contribution in [-0.4, -0.2) is 24.8 Å². The second kappa shape index (κ2) is 5.63. The number of likely N-dealkylation sites (N-methyl/N-ethyl adjacent to an activating group) is 1. The van der Waals surface area contributed by atoms with Gasteiger partial charge in [-0.1, -0.05) is 18.7 Å². The first-order valence-electron chi connectivity index (χ1n) is 6.50. The molecule has 0 radical (unpaired) electrons. The smallest absolute Gasteiger partial charge is 0.260 e. The Balaban J connectivity index is 1.89. The predicted octanol–water partition coefficient (Wildman–Crippen LogP) is 2.11. The molecule has 1 saturated carbocycles. The lowest BCUT2D eigenvalue weighted by atomic mass is 10.2. The van der Waals surface area contributed by atoms with E-state index in [1.54, 1.807) is 31.3 Å². The molecule has 0 aromatic heterocycles. The zero-order chi connectivity index (χ0) is 15.6. The quantitative estimate of drug-likeness (QED) is 0.846. The first-order chi connectivity index (χ1) is 9.85. The zero-order valence-corrected chi connectivity index (χ0v) is 11.6. The molecule has 4 nitrogen and oxygen atoms in total. The molecule has 2 amide bonds. The van der Waals surface area contributed by atoms with Gasteiger partial charge in [-0.05, 0) is 23.8 Å². The number of alkyl halides is 2. The van der Waals surface area contributed by atoms with Crippen molar-refractivity contribution in [3.05, 3.63) is 42.5 Å². The summed E-state index contributed by atoms with van der Waals surface area (Å²) in [6.07, 6.45) is 0.843. The van der Waals surface area contributed by atoms with E-state index in [-0.39, 0.29) is 18.9 Å². The van der Waals surface area contributed by atoms with E-state index in [0.29, 0.717) is 5.69 Å². The third-order valence-electron chi connectivity index (χ3n) is 3.44. The van der Waals surface area contributed by atoms with Crippen LogP contribution in [0.4, 0.5) is 14.5 Å². The van der Waals surface area contributed by atoms with Crippen LogP contribution in [0.3, 0.4) is 0 Å². The fourth-order valence-corrected chi connectivity index (χ4v) is 1.91. The summed E-state index contributed by atoms with van der Waals surface area (Å²) in [5.41, 5.74) is 1.46. The fraction of sp³-hybridized carbons (Fsp3) is 0.333. The van der Waals surface area contributed by atoms with Crippen molar-refractivity contribution in [2.75, 3.05) is 11.9 Å². The highest BCUT2D eigenvalue weighted by molar-refractivity contribution is 6.00. The number of carbonyl (C=O) groups excluding carboxylic acids is 2. The van der Waals surface area contributed by atoms with Crippen LogP contribution in [0.2, 0.25) is 0 Å². The molecule has 6 heteroatoms. The highest BCUT2D eigenvalue weighted by atomic mass is 19.3. The number of anilines is 1. The molecule has 1 N–H and O–H groups in total. The van der Waals surface area contributed by atoms with Crippen LogP contribution < -0.4 is 10.2 Å². The summed E-state index contributed by atoms with van der Waals surface area (Å²) in [6, 6.07) is 6.89. The zero-order valence-electron chi connectivity index (χ0n) is 11.6. The summed E-state index contributed by atoms with van der Waals surface area (Å²) in [7, 11) is 1.62. The van der Waals surface area contributed by atoms with Gasteiger partial charge in [0, 0.05) is 25.7 Å². The van der Waals surface area contributed by atoms with E-state index >= 15 is 0 Å². The van der Waals surface area contributed by atoms with Crippen molar-refractivity contribution in [2.24, 2.45) is 5.92 Å². The van der Waals surface area contributed by atoms with Crippen LogP contribution >= 0.6 is 0 Å². The van der Waals surface area contributed by atoms with Gasteiger partial charge in [-0.15, -0.1) is 0 Å². The molecule has 0 unspecified atom stereocenters. The highest BCUT2D eigenvalue weighted by Crippen LogP contribution is 2.48. The Bertz CT molecular complexity index is 570. The number of benzene rings is 1. The number of hydrogen-bond acceptors (Lipinski definition) is 2. The van der Waals surface area contributed by atoms with Crippen molar-refractivity contribution < 1.29 is 18.4 Å². The van der Waals surface area contributed by atoms with Crippen LogP contribution in [0, 0.1) is 5.92 Å². The Morgan fingerprint density at radius 2 is 2.00 bits per heavy atom. The molecule has 1 aliphatic carbocycles. The Hall–Kier alpha value is -2.24. The number of carbonyl (C=O) groups is 2. The van der Waals surface area contributed by atoms with Gasteiger partial charge in [-0.2, -0.15) is 0 Å². The maximum absolute atomic E-state index is 12.7. The third-order valence-corrected chi connectivity index (χ3v) is 3.44. The first-order valence-corrected chi connectivity index (χ1v) is 6.50. The van der Waals surface area contributed by atoms with Crippen molar-refractivity contribution in [3.8, 4) is 0 Å². The average molecular weight is 294 g/mol. The van der Waals surface area contributed by atoms with Gasteiger partial charge in [0.1, 0.15) is 5.92 Å². The molecule has 1 aliphatic rings. The summed E-state index contributed by atoms with van der Waals surface area (Å²) in [6.45, 7) is 3.59. The minimum absolute atomic E-state index is 0.185. The molecule has 21 heavy (non-hydrogen) atoms. The number of hydrogen-bond donors (Lipinski definition) is 1. The summed E-state index contributed by atoms with van der Waals surface area (Å²) in [4.78, 5) is 24.3. The van der Waals surface area contributed by atoms with Gasteiger partial charge in [-0.25, -0.2) is 8.78 Å². The van der Waals surface area contributed by atoms with Crippen molar-refractivity contribution >= 4 is 17.5 Å². The lowest BCUT2D eigenvalue weighted by molar-refractivity contribution is -0.124. The van der Waals surface area contributed by atoms with Crippen LogP contribution in [0.1, 0.15) is 12.0 Å². The Kier molecular flexibility index (Phi) is 4.06. The molecular weight excluding hydrogens is 278 g/mol. The molecule has 2 rings (SSSR count). The van der Waals surface area contributed by atoms with Crippen LogP contribution in [0.25, 0.3) is 0 Å². The first kappa shape index (κ1) is 15.2. The van der Waals surface area contributed by atoms with Gasteiger partial charge >= 0.3 is 0 Å². The van der Waals surface area contributed by atoms with E-state index in [1.807, 2.05) is 0 Å². The van der Waals surface area contributed by atoms with Crippen LogP contribution in [0.15, 0.2) is 36.9 Å². The number of amides is 2. The average Bonchev–Trinajstić information content (AvgIpc) is 3.12. The fourth-order valence-electron chi connectivity index (χ4n) is 1.91. The molecule has 112 valence electrons. The van der Waals surface area contributed by atoms with E-state index in [1.165, 1.54) is 11.0 Å². The number of rotatable bonds is 5. The van der Waals surface area contributed by atoms with Gasteiger partial charge in [0.15, 0.2) is 0 Å². The van der Waals surface area contributed by atoms with Crippen LogP contribution in [-0.2, 0) is 16.1 Å². The standard InChI is InChI=1S/C15H16F2N2O2/c1-3-13(20)19(2)11-6-4-10(5-7-11)9-18-14(21)12-8-15(12,16)17/h3-7,12H,1,8-9H2,2H3,(H,18,21)/t12-/m1/s1. The normalized spacial score (nSPS) is 18.7. The Labute approximate surface area is 121 Å². The van der Waals surface area contributed by atoms with E-state index in [0.717, 1.165) is 5.56 Å². The lowest BCUT2D eigenvalue weighted by Gasteiger charge is -2.15. The van der Waals surface area contributed by atoms with Crippen LogP contribution in [0.5, 0.6) is 0 Å². The summed E-state index contributed by atoms with van der Waals surface area (Å²) in [5.74, 6) is -4.88. The molecule has 0 bridgehead atoms. The second-order valence-electron chi connectivity index (χ2n) is 5.00.